The summed E-state index contributed by atoms with van der Waals surface area (Å²) in [5.74, 6) is 0.00833. The molecular formula is C10H11F3O2. The van der Waals surface area contributed by atoms with Crippen molar-refractivity contribution in [1.82, 2.24) is 0 Å². The fourth-order valence-electron chi connectivity index (χ4n) is 1.18. The maximum absolute atomic E-state index is 11.9. The van der Waals surface area contributed by atoms with Gasteiger partial charge in [0.2, 0.25) is 0 Å². The minimum absolute atomic E-state index is 0.00833. The van der Waals surface area contributed by atoms with Crippen molar-refractivity contribution in [3.8, 4) is 5.75 Å². The molecule has 0 aliphatic rings. The Balaban J connectivity index is 2.51. The van der Waals surface area contributed by atoms with Gasteiger partial charge in [-0.1, -0.05) is 12.1 Å². The molecule has 1 rings (SSSR count). The van der Waals surface area contributed by atoms with Crippen molar-refractivity contribution in [3.05, 3.63) is 29.8 Å². The van der Waals surface area contributed by atoms with Crippen LogP contribution in [0, 0.1) is 0 Å². The number of aryl methyl sites for hydroxylation is 1. The molecule has 0 radical (unpaired) electrons. The van der Waals surface area contributed by atoms with E-state index in [4.69, 9.17) is 10.2 Å². The number of halogens is 3. The molecule has 1 unspecified atom stereocenters. The molecule has 0 saturated heterocycles. The van der Waals surface area contributed by atoms with Crippen LogP contribution in [0.1, 0.15) is 12.0 Å². The number of benzene rings is 1. The Hall–Kier alpha value is -1.23. The van der Waals surface area contributed by atoms with Crippen LogP contribution in [0.4, 0.5) is 13.2 Å². The lowest BCUT2D eigenvalue weighted by atomic mass is 10.1. The molecule has 0 aliphatic heterocycles. The molecule has 0 saturated carbocycles. The smallest absolute Gasteiger partial charge is 0.414 e. The molecule has 1 aromatic rings. The van der Waals surface area contributed by atoms with E-state index in [0.29, 0.717) is 5.56 Å². The van der Waals surface area contributed by atoms with Crippen LogP contribution in [0.5, 0.6) is 5.75 Å². The third-order valence-electron chi connectivity index (χ3n) is 1.99. The largest absolute Gasteiger partial charge is 0.508 e. The van der Waals surface area contributed by atoms with Gasteiger partial charge in [0.15, 0.2) is 0 Å². The second kappa shape index (κ2) is 4.53. The van der Waals surface area contributed by atoms with Crippen LogP contribution >= 0.6 is 0 Å². The average molecular weight is 220 g/mol. The minimum Gasteiger partial charge on any atom is -0.508 e. The summed E-state index contributed by atoms with van der Waals surface area (Å²) in [4.78, 5) is 0. The first-order valence-corrected chi connectivity index (χ1v) is 4.42. The van der Waals surface area contributed by atoms with E-state index >= 15 is 0 Å². The lowest BCUT2D eigenvalue weighted by molar-refractivity contribution is -0.205. The SMILES string of the molecule is Oc1cccc(CCC(O)C(F)(F)F)c1. The molecular weight excluding hydrogens is 209 g/mol. The highest BCUT2D eigenvalue weighted by atomic mass is 19.4. The maximum atomic E-state index is 11.9. The van der Waals surface area contributed by atoms with E-state index in [1.165, 1.54) is 12.1 Å². The average Bonchev–Trinajstić information content (AvgIpc) is 2.12. The Morgan fingerprint density at radius 1 is 1.27 bits per heavy atom. The number of phenols is 1. The van der Waals surface area contributed by atoms with Crippen molar-refractivity contribution in [1.29, 1.82) is 0 Å². The van der Waals surface area contributed by atoms with Crippen molar-refractivity contribution >= 4 is 0 Å². The van der Waals surface area contributed by atoms with E-state index in [1.54, 1.807) is 12.1 Å². The van der Waals surface area contributed by atoms with Gasteiger partial charge < -0.3 is 10.2 Å². The van der Waals surface area contributed by atoms with Crippen molar-refractivity contribution in [2.75, 3.05) is 0 Å². The second-order valence-corrected chi connectivity index (χ2v) is 3.27. The highest BCUT2D eigenvalue weighted by molar-refractivity contribution is 5.27. The quantitative estimate of drug-likeness (QED) is 0.820. The van der Waals surface area contributed by atoms with Gasteiger partial charge in [-0.3, -0.25) is 0 Å². The summed E-state index contributed by atoms with van der Waals surface area (Å²) in [5.41, 5.74) is 0.568. The van der Waals surface area contributed by atoms with Gasteiger partial charge in [0, 0.05) is 0 Å². The van der Waals surface area contributed by atoms with Crippen molar-refractivity contribution in [2.45, 2.75) is 25.1 Å². The van der Waals surface area contributed by atoms with E-state index in [2.05, 4.69) is 0 Å². The molecule has 0 amide bonds. The van der Waals surface area contributed by atoms with Gasteiger partial charge in [-0.25, -0.2) is 0 Å². The Bertz CT molecular complexity index is 323. The maximum Gasteiger partial charge on any atom is 0.414 e. The van der Waals surface area contributed by atoms with Gasteiger partial charge in [-0.2, -0.15) is 13.2 Å². The van der Waals surface area contributed by atoms with Gasteiger partial charge >= 0.3 is 6.18 Å². The predicted octanol–water partition coefficient (Wildman–Crippen LogP) is 2.25. The van der Waals surface area contributed by atoms with Gasteiger partial charge in [0.05, 0.1) is 0 Å². The molecule has 0 bridgehead atoms. The minimum atomic E-state index is -4.57. The molecule has 1 aromatic carbocycles. The number of aliphatic hydroxyl groups is 1. The zero-order chi connectivity index (χ0) is 11.5. The zero-order valence-electron chi connectivity index (χ0n) is 7.83. The van der Waals surface area contributed by atoms with Gasteiger partial charge in [-0.15, -0.1) is 0 Å². The summed E-state index contributed by atoms with van der Waals surface area (Å²) in [6.45, 7) is 0. The fourth-order valence-corrected chi connectivity index (χ4v) is 1.18. The topological polar surface area (TPSA) is 40.5 Å². The van der Waals surface area contributed by atoms with Gasteiger partial charge in [-0.05, 0) is 30.5 Å². The predicted molar refractivity (Wildman–Crippen MR) is 48.5 cm³/mol. The molecule has 0 heterocycles. The Morgan fingerprint density at radius 2 is 1.93 bits per heavy atom. The summed E-state index contributed by atoms with van der Waals surface area (Å²) in [5, 5.41) is 17.8. The first kappa shape index (κ1) is 11.8. The summed E-state index contributed by atoms with van der Waals surface area (Å²) in [6.07, 6.45) is -7.20. The van der Waals surface area contributed by atoms with E-state index in [0.717, 1.165) is 0 Å². The Kier molecular flexibility index (Phi) is 3.57. The number of hydrogen-bond donors (Lipinski definition) is 2. The summed E-state index contributed by atoms with van der Waals surface area (Å²) in [6, 6.07) is 5.96. The first-order chi connectivity index (χ1) is 6.89. The Labute approximate surface area is 85.0 Å². The molecule has 0 fully saturated rings. The molecule has 84 valence electrons. The van der Waals surface area contributed by atoms with Crippen LogP contribution in [0.2, 0.25) is 0 Å². The van der Waals surface area contributed by atoms with Gasteiger partial charge in [0.25, 0.3) is 0 Å². The molecule has 0 aromatic heterocycles. The lowest BCUT2D eigenvalue weighted by Gasteiger charge is -2.13. The highest BCUT2D eigenvalue weighted by Crippen LogP contribution is 2.24. The molecule has 2 nitrogen and oxygen atoms in total. The monoisotopic (exact) mass is 220 g/mol. The molecule has 0 aliphatic carbocycles. The van der Waals surface area contributed by atoms with E-state index in [9.17, 15) is 13.2 Å². The molecule has 0 spiro atoms. The molecule has 5 heteroatoms. The molecule has 1 atom stereocenters. The third-order valence-corrected chi connectivity index (χ3v) is 1.99. The zero-order valence-corrected chi connectivity index (χ0v) is 7.83. The van der Waals surface area contributed by atoms with Gasteiger partial charge in [0.1, 0.15) is 11.9 Å². The summed E-state index contributed by atoms with van der Waals surface area (Å²) in [7, 11) is 0. The van der Waals surface area contributed by atoms with Crippen LogP contribution in [0.25, 0.3) is 0 Å². The van der Waals surface area contributed by atoms with Crippen LogP contribution in [-0.4, -0.2) is 22.5 Å². The number of hydrogen-bond acceptors (Lipinski definition) is 2. The highest BCUT2D eigenvalue weighted by Gasteiger charge is 2.37. The van der Waals surface area contributed by atoms with Crippen molar-refractivity contribution < 1.29 is 23.4 Å². The van der Waals surface area contributed by atoms with E-state index < -0.39 is 18.7 Å². The molecule has 2 N–H and O–H groups in total. The van der Waals surface area contributed by atoms with E-state index in [1.807, 2.05) is 0 Å². The number of rotatable bonds is 3. The summed E-state index contributed by atoms with van der Waals surface area (Å²) >= 11 is 0. The first-order valence-electron chi connectivity index (χ1n) is 4.42. The number of aromatic hydroxyl groups is 1. The molecule has 15 heavy (non-hydrogen) atoms. The second-order valence-electron chi connectivity index (χ2n) is 3.27. The third kappa shape index (κ3) is 3.79. The summed E-state index contributed by atoms with van der Waals surface area (Å²) < 4.78 is 35.8. The fraction of sp³-hybridized carbons (Fsp3) is 0.400. The van der Waals surface area contributed by atoms with Crippen LogP contribution < -0.4 is 0 Å². The van der Waals surface area contributed by atoms with Crippen LogP contribution in [0.3, 0.4) is 0 Å². The number of phenolic OH excluding ortho intramolecular Hbond substituents is 1. The van der Waals surface area contributed by atoms with Crippen LogP contribution in [-0.2, 0) is 6.42 Å². The van der Waals surface area contributed by atoms with Crippen molar-refractivity contribution in [3.63, 3.8) is 0 Å². The lowest BCUT2D eigenvalue weighted by Crippen LogP contribution is -2.28. The number of aliphatic hydroxyl groups excluding tert-OH is 1. The number of alkyl halides is 3. The van der Waals surface area contributed by atoms with Crippen LogP contribution in [0.15, 0.2) is 24.3 Å². The van der Waals surface area contributed by atoms with E-state index in [-0.39, 0.29) is 12.2 Å². The Morgan fingerprint density at radius 3 is 2.47 bits per heavy atom. The standard InChI is InChI=1S/C10H11F3O2/c11-10(12,13)9(15)5-4-7-2-1-3-8(14)6-7/h1-3,6,9,14-15H,4-5H2. The normalized spacial score (nSPS) is 13.9. The van der Waals surface area contributed by atoms with Crippen molar-refractivity contribution in [2.24, 2.45) is 0 Å².